The second-order valence-corrected chi connectivity index (χ2v) is 7.72. The van der Waals surface area contributed by atoms with Gasteiger partial charge in [0.25, 0.3) is 0 Å². The van der Waals surface area contributed by atoms with Crippen molar-refractivity contribution in [3.63, 3.8) is 0 Å². The summed E-state index contributed by atoms with van der Waals surface area (Å²) in [6.45, 7) is 2.80. The number of hydrogen-bond donors (Lipinski definition) is 0. The van der Waals surface area contributed by atoms with Crippen molar-refractivity contribution in [2.45, 2.75) is 25.3 Å². The van der Waals surface area contributed by atoms with Crippen LogP contribution in [0.2, 0.25) is 0 Å². The maximum atomic E-state index is 13.4. The number of rotatable bonds is 5. The molecule has 2 aromatic carbocycles. The van der Waals surface area contributed by atoms with E-state index in [-0.39, 0.29) is 5.82 Å². The molecule has 2 aromatic heterocycles. The van der Waals surface area contributed by atoms with E-state index >= 15 is 0 Å². The van der Waals surface area contributed by atoms with Gasteiger partial charge in [-0.1, -0.05) is 17.3 Å². The molecule has 5 rings (SSSR count). The molecule has 0 saturated carbocycles. The molecule has 0 atom stereocenters. The van der Waals surface area contributed by atoms with Crippen molar-refractivity contribution < 1.29 is 13.7 Å². The number of halogens is 1. The van der Waals surface area contributed by atoms with Crippen LogP contribution in [-0.2, 0) is 6.54 Å². The fraction of sp³-hybridized carbons (Fsp3) is 0.304. The number of para-hydroxylation sites is 2. The summed E-state index contributed by atoms with van der Waals surface area (Å²) in [7, 11) is 1.67. The van der Waals surface area contributed by atoms with Crippen LogP contribution >= 0.6 is 0 Å². The van der Waals surface area contributed by atoms with Crippen molar-refractivity contribution in [1.82, 2.24) is 19.8 Å². The van der Waals surface area contributed by atoms with Gasteiger partial charge in [0.05, 0.1) is 19.0 Å². The summed E-state index contributed by atoms with van der Waals surface area (Å²) in [5, 5.41) is 9.68. The first-order valence-corrected chi connectivity index (χ1v) is 10.2. The highest BCUT2D eigenvalue weighted by Crippen LogP contribution is 2.33. The maximum absolute atomic E-state index is 13.4. The van der Waals surface area contributed by atoms with Crippen LogP contribution in [0.15, 0.2) is 59.4 Å². The first kappa shape index (κ1) is 18.8. The summed E-state index contributed by atoms with van der Waals surface area (Å²) in [4.78, 5) is 2.43. The van der Waals surface area contributed by atoms with E-state index in [1.165, 1.54) is 17.7 Å². The number of likely N-dealkylation sites (tertiary alicyclic amines) is 1. The number of benzene rings is 2. The molecular weight excluding hydrogens is 383 g/mol. The molecule has 6 nitrogen and oxygen atoms in total. The van der Waals surface area contributed by atoms with Crippen molar-refractivity contribution in [3.8, 4) is 11.4 Å². The summed E-state index contributed by atoms with van der Waals surface area (Å²) in [5.74, 6) is 0.839. The van der Waals surface area contributed by atoms with E-state index < -0.39 is 0 Å². The quantitative estimate of drug-likeness (QED) is 0.487. The molecule has 1 aliphatic heterocycles. The number of nitrogens with zero attached hydrogens (tertiary/aromatic N) is 4. The van der Waals surface area contributed by atoms with Crippen molar-refractivity contribution in [2.24, 2.45) is 0 Å². The van der Waals surface area contributed by atoms with Crippen LogP contribution in [-0.4, -0.2) is 40.0 Å². The SMILES string of the molecule is COc1ccccc1-n1cc(CN2CCC(c3noc4cc(F)ccc34)CC2)cn1. The van der Waals surface area contributed by atoms with E-state index in [1.807, 2.05) is 35.1 Å². The number of hydrogen-bond acceptors (Lipinski definition) is 5. The first-order chi connectivity index (χ1) is 14.7. The second kappa shape index (κ2) is 7.91. The van der Waals surface area contributed by atoms with Gasteiger partial charge >= 0.3 is 0 Å². The largest absolute Gasteiger partial charge is 0.494 e. The van der Waals surface area contributed by atoms with E-state index in [2.05, 4.69) is 21.4 Å². The van der Waals surface area contributed by atoms with Crippen LogP contribution in [0.1, 0.15) is 30.0 Å². The molecule has 4 aromatic rings. The van der Waals surface area contributed by atoms with Crippen molar-refractivity contribution >= 4 is 11.0 Å². The van der Waals surface area contributed by atoms with E-state index in [1.54, 1.807) is 13.2 Å². The Morgan fingerprint density at radius 3 is 2.83 bits per heavy atom. The van der Waals surface area contributed by atoms with Gasteiger partial charge in [0, 0.05) is 35.7 Å². The van der Waals surface area contributed by atoms with Gasteiger partial charge in [-0.05, 0) is 50.2 Å². The Morgan fingerprint density at radius 2 is 2.00 bits per heavy atom. The lowest BCUT2D eigenvalue weighted by molar-refractivity contribution is 0.202. The fourth-order valence-electron chi connectivity index (χ4n) is 4.24. The van der Waals surface area contributed by atoms with Gasteiger partial charge < -0.3 is 9.26 Å². The Hall–Kier alpha value is -3.19. The number of ether oxygens (including phenoxy) is 1. The topological polar surface area (TPSA) is 56.3 Å². The van der Waals surface area contributed by atoms with Gasteiger partial charge in [-0.15, -0.1) is 0 Å². The van der Waals surface area contributed by atoms with Gasteiger partial charge in [-0.3, -0.25) is 4.90 Å². The van der Waals surface area contributed by atoms with Gasteiger partial charge in [-0.2, -0.15) is 5.10 Å². The zero-order valence-electron chi connectivity index (χ0n) is 16.8. The minimum Gasteiger partial charge on any atom is -0.494 e. The molecule has 30 heavy (non-hydrogen) atoms. The highest BCUT2D eigenvalue weighted by atomic mass is 19.1. The highest BCUT2D eigenvalue weighted by molar-refractivity contribution is 5.79. The third kappa shape index (κ3) is 3.57. The highest BCUT2D eigenvalue weighted by Gasteiger charge is 2.25. The Morgan fingerprint density at radius 1 is 1.17 bits per heavy atom. The Balaban J connectivity index is 1.24. The third-order valence-electron chi connectivity index (χ3n) is 5.81. The normalized spacial score (nSPS) is 15.7. The third-order valence-corrected chi connectivity index (χ3v) is 5.81. The molecule has 1 saturated heterocycles. The van der Waals surface area contributed by atoms with Crippen LogP contribution in [0.3, 0.4) is 0 Å². The molecule has 1 aliphatic rings. The molecule has 7 heteroatoms. The predicted octanol–water partition coefficient (Wildman–Crippen LogP) is 4.54. The van der Waals surface area contributed by atoms with Crippen molar-refractivity contribution in [3.05, 3.63) is 71.9 Å². The molecule has 0 N–H and O–H groups in total. The number of aromatic nitrogens is 3. The van der Waals surface area contributed by atoms with Crippen LogP contribution in [0.5, 0.6) is 5.75 Å². The Labute approximate surface area is 173 Å². The average Bonchev–Trinajstić information content (AvgIpc) is 3.41. The molecule has 0 radical (unpaired) electrons. The predicted molar refractivity (Wildman–Crippen MR) is 111 cm³/mol. The number of piperidine rings is 1. The monoisotopic (exact) mass is 406 g/mol. The minimum absolute atomic E-state index is 0.298. The molecular formula is C23H23FN4O2. The van der Waals surface area contributed by atoms with E-state index in [0.717, 1.165) is 55.0 Å². The summed E-state index contributed by atoms with van der Waals surface area (Å²) >= 11 is 0. The van der Waals surface area contributed by atoms with Crippen molar-refractivity contribution in [1.29, 1.82) is 0 Å². The second-order valence-electron chi connectivity index (χ2n) is 7.72. The van der Waals surface area contributed by atoms with E-state index in [0.29, 0.717) is 11.5 Å². The molecule has 0 unspecified atom stereocenters. The van der Waals surface area contributed by atoms with Gasteiger partial charge in [0.15, 0.2) is 5.58 Å². The van der Waals surface area contributed by atoms with E-state index in [4.69, 9.17) is 9.26 Å². The van der Waals surface area contributed by atoms with Crippen molar-refractivity contribution in [2.75, 3.05) is 20.2 Å². The zero-order valence-corrected chi connectivity index (χ0v) is 16.8. The van der Waals surface area contributed by atoms with Gasteiger partial charge in [-0.25, -0.2) is 9.07 Å². The van der Waals surface area contributed by atoms with Crippen LogP contribution in [0.4, 0.5) is 4.39 Å². The fourth-order valence-corrected chi connectivity index (χ4v) is 4.24. The lowest BCUT2D eigenvalue weighted by Crippen LogP contribution is -2.32. The Kier molecular flexibility index (Phi) is 4.96. The molecule has 0 aliphatic carbocycles. The first-order valence-electron chi connectivity index (χ1n) is 10.2. The average molecular weight is 406 g/mol. The number of fused-ring (bicyclic) bond motifs is 1. The summed E-state index contributed by atoms with van der Waals surface area (Å²) < 4.78 is 26.0. The van der Waals surface area contributed by atoms with Crippen LogP contribution in [0.25, 0.3) is 16.7 Å². The summed E-state index contributed by atoms with van der Waals surface area (Å²) in [6, 6.07) is 12.5. The lowest BCUT2D eigenvalue weighted by atomic mass is 9.91. The minimum atomic E-state index is -0.298. The van der Waals surface area contributed by atoms with Crippen LogP contribution < -0.4 is 4.74 Å². The zero-order chi connectivity index (χ0) is 20.5. The van der Waals surface area contributed by atoms with Gasteiger partial charge in [0.1, 0.15) is 17.3 Å². The van der Waals surface area contributed by atoms with Gasteiger partial charge in [0.2, 0.25) is 0 Å². The molecule has 0 spiro atoms. The molecule has 154 valence electrons. The maximum Gasteiger partial charge on any atom is 0.170 e. The summed E-state index contributed by atoms with van der Waals surface area (Å²) in [5.41, 5.74) is 3.57. The van der Waals surface area contributed by atoms with Crippen LogP contribution in [0, 0.1) is 5.82 Å². The molecule has 1 fully saturated rings. The Bertz CT molecular complexity index is 1160. The lowest BCUT2D eigenvalue weighted by Gasteiger charge is -2.30. The number of methoxy groups -OCH3 is 1. The summed E-state index contributed by atoms with van der Waals surface area (Å²) in [6.07, 6.45) is 5.97. The molecule has 0 amide bonds. The molecule has 0 bridgehead atoms. The molecule has 3 heterocycles. The standard InChI is InChI=1S/C23H23FN4O2/c1-29-21-5-3-2-4-20(21)28-15-16(13-25-28)14-27-10-8-17(9-11-27)23-19-7-6-18(24)12-22(19)30-26-23/h2-7,12-13,15,17H,8-11,14H2,1H3. The smallest absolute Gasteiger partial charge is 0.170 e. The van der Waals surface area contributed by atoms with E-state index in [9.17, 15) is 4.39 Å².